The molecule has 1 heterocycles. The summed E-state index contributed by atoms with van der Waals surface area (Å²) in [6.45, 7) is 2.99. The third-order valence-corrected chi connectivity index (χ3v) is 8.01. The Morgan fingerprint density at radius 3 is 2.21 bits per heavy atom. The average molecular weight is 479 g/mol. The van der Waals surface area contributed by atoms with Crippen molar-refractivity contribution in [2.24, 2.45) is 5.90 Å². The molecular weight excluding hydrogens is 451 g/mol. The lowest BCUT2D eigenvalue weighted by Gasteiger charge is -2.38. The minimum absolute atomic E-state index is 0.0315. The maximum atomic E-state index is 13.3. The Labute approximate surface area is 192 Å². The topological polar surface area (TPSA) is 130 Å². The summed E-state index contributed by atoms with van der Waals surface area (Å²) in [6.07, 6.45) is -0.0631. The van der Waals surface area contributed by atoms with Crippen molar-refractivity contribution in [1.29, 1.82) is 0 Å². The van der Waals surface area contributed by atoms with Crippen LogP contribution >= 0.6 is 0 Å². The van der Waals surface area contributed by atoms with Gasteiger partial charge in [-0.1, -0.05) is 18.1 Å². The first kappa shape index (κ1) is 26.3. The van der Waals surface area contributed by atoms with Crippen molar-refractivity contribution in [3.8, 4) is 17.6 Å². The zero-order valence-electron chi connectivity index (χ0n) is 18.2. The molecule has 0 bridgehead atoms. The Balaban J connectivity index is 0.00000187. The van der Waals surface area contributed by atoms with Crippen LogP contribution in [0.15, 0.2) is 53.4 Å². The first-order chi connectivity index (χ1) is 15.8. The van der Waals surface area contributed by atoms with Crippen molar-refractivity contribution in [1.82, 2.24) is 4.90 Å². The van der Waals surface area contributed by atoms with E-state index < -0.39 is 20.6 Å². The van der Waals surface area contributed by atoms with Crippen LogP contribution in [-0.2, 0) is 21.2 Å². The summed E-state index contributed by atoms with van der Waals surface area (Å²) in [6, 6.07) is 11.8. The number of hydrogen-bond donors (Lipinski definition) is 3. The number of likely N-dealkylation sites (tertiary alicyclic amines) is 1. The summed E-state index contributed by atoms with van der Waals surface area (Å²) in [7, 11) is -4.13. The van der Waals surface area contributed by atoms with E-state index in [1.54, 1.807) is 19.1 Å². The molecule has 1 saturated heterocycles. The van der Waals surface area contributed by atoms with Gasteiger partial charge in [0.2, 0.25) is 0 Å². The molecular formula is C23H27FN2O6S. The zero-order chi connectivity index (χ0) is 24.5. The number of benzene rings is 2. The molecule has 8 nitrogen and oxygen atoms in total. The lowest BCUT2D eigenvalue weighted by atomic mass is 9.95. The van der Waals surface area contributed by atoms with Crippen LogP contribution in [0, 0.1) is 17.7 Å². The molecule has 2 aromatic carbocycles. The van der Waals surface area contributed by atoms with Gasteiger partial charge in [-0.3, -0.25) is 9.69 Å². The standard InChI is InChI=1S/C23H24FNO5S.H3NO/c1-2-3-16-30-20-8-10-21(11-9-20)31(28,29)23(22(26)27)12-14-25(15-13-23)17-18-4-6-19(24)7-5-18;1-2/h4-11H,12-17H2,1H3,(H,26,27);2H,1H2. The summed E-state index contributed by atoms with van der Waals surface area (Å²) in [5.74, 6) is 7.74. The van der Waals surface area contributed by atoms with Gasteiger partial charge in [0.25, 0.3) is 0 Å². The van der Waals surface area contributed by atoms with Crippen molar-refractivity contribution < 1.29 is 32.7 Å². The van der Waals surface area contributed by atoms with Crippen LogP contribution in [0.25, 0.3) is 0 Å². The van der Waals surface area contributed by atoms with Gasteiger partial charge in [-0.2, -0.15) is 0 Å². The lowest BCUT2D eigenvalue weighted by Crippen LogP contribution is -2.54. The fourth-order valence-corrected chi connectivity index (χ4v) is 5.55. The minimum Gasteiger partial charge on any atom is -0.481 e. The molecule has 178 valence electrons. The molecule has 0 amide bonds. The predicted molar refractivity (Wildman–Crippen MR) is 120 cm³/mol. The van der Waals surface area contributed by atoms with E-state index in [2.05, 4.69) is 17.7 Å². The zero-order valence-corrected chi connectivity index (χ0v) is 19.0. The van der Waals surface area contributed by atoms with Crippen LogP contribution in [0.5, 0.6) is 5.75 Å². The van der Waals surface area contributed by atoms with Crippen LogP contribution in [-0.4, -0.2) is 54.0 Å². The molecule has 0 unspecified atom stereocenters. The summed E-state index contributed by atoms with van der Waals surface area (Å²) < 4.78 is 43.2. The third-order valence-electron chi connectivity index (χ3n) is 5.51. The van der Waals surface area contributed by atoms with Crippen molar-refractivity contribution in [3.63, 3.8) is 0 Å². The van der Waals surface area contributed by atoms with E-state index in [-0.39, 0.29) is 30.2 Å². The first-order valence-electron chi connectivity index (χ1n) is 10.1. The van der Waals surface area contributed by atoms with Crippen LogP contribution in [0.2, 0.25) is 0 Å². The smallest absolute Gasteiger partial charge is 0.325 e. The quantitative estimate of drug-likeness (QED) is 0.409. The number of sulfone groups is 1. The van der Waals surface area contributed by atoms with E-state index in [9.17, 15) is 22.7 Å². The Morgan fingerprint density at radius 1 is 1.12 bits per heavy atom. The predicted octanol–water partition coefficient (Wildman–Crippen LogP) is 2.46. The molecule has 33 heavy (non-hydrogen) atoms. The highest BCUT2D eigenvalue weighted by Gasteiger charge is 2.53. The Hall–Kier alpha value is -2.97. The van der Waals surface area contributed by atoms with Crippen molar-refractivity contribution in [2.45, 2.75) is 36.0 Å². The summed E-state index contributed by atoms with van der Waals surface area (Å²) in [5.41, 5.74) is 0.885. The van der Waals surface area contributed by atoms with E-state index in [4.69, 9.17) is 9.94 Å². The molecule has 0 atom stereocenters. The number of carbonyl (C=O) groups is 1. The van der Waals surface area contributed by atoms with Crippen LogP contribution in [0.1, 0.15) is 25.3 Å². The fourth-order valence-electron chi connectivity index (χ4n) is 3.65. The second-order valence-corrected chi connectivity index (χ2v) is 9.65. The average Bonchev–Trinajstić information content (AvgIpc) is 2.82. The molecule has 3 rings (SSSR count). The van der Waals surface area contributed by atoms with E-state index in [0.717, 1.165) is 5.56 Å². The van der Waals surface area contributed by atoms with E-state index in [0.29, 0.717) is 25.4 Å². The number of carboxylic acid groups (broad SMARTS) is 1. The Kier molecular flexibility index (Phi) is 9.37. The molecule has 0 aliphatic carbocycles. The maximum Gasteiger partial charge on any atom is 0.325 e. The SMILES string of the molecule is CC#CCOc1ccc(S(=O)(=O)C2(C(=O)O)CCN(Cc3ccc(F)cc3)CC2)cc1.NO. The van der Waals surface area contributed by atoms with Crippen molar-refractivity contribution in [3.05, 3.63) is 59.9 Å². The van der Waals surface area contributed by atoms with E-state index in [1.165, 1.54) is 36.4 Å². The highest BCUT2D eigenvalue weighted by molar-refractivity contribution is 7.93. The highest BCUT2D eigenvalue weighted by Crippen LogP contribution is 2.36. The van der Waals surface area contributed by atoms with Crippen LogP contribution in [0.4, 0.5) is 4.39 Å². The van der Waals surface area contributed by atoms with Gasteiger partial charge in [0.15, 0.2) is 14.6 Å². The van der Waals surface area contributed by atoms with Gasteiger partial charge in [-0.15, -0.1) is 5.92 Å². The number of hydrogen-bond acceptors (Lipinski definition) is 7. The summed E-state index contributed by atoms with van der Waals surface area (Å²) in [5, 5.41) is 16.4. The molecule has 0 aromatic heterocycles. The van der Waals surface area contributed by atoms with Crippen LogP contribution in [0.3, 0.4) is 0 Å². The number of halogens is 1. The fraction of sp³-hybridized carbons (Fsp3) is 0.348. The second kappa shape index (κ2) is 11.8. The Morgan fingerprint density at radius 2 is 1.70 bits per heavy atom. The minimum atomic E-state index is -4.13. The van der Waals surface area contributed by atoms with Gasteiger partial charge in [-0.05, 0) is 61.7 Å². The molecule has 1 aliphatic rings. The number of piperidine rings is 1. The molecule has 2 aromatic rings. The van der Waals surface area contributed by atoms with E-state index in [1.807, 2.05) is 4.90 Å². The summed E-state index contributed by atoms with van der Waals surface area (Å²) >= 11 is 0. The normalized spacial score (nSPS) is 15.4. The third kappa shape index (κ3) is 6.09. The monoisotopic (exact) mass is 478 g/mol. The van der Waals surface area contributed by atoms with Gasteiger partial charge in [-0.25, -0.2) is 18.7 Å². The summed E-state index contributed by atoms with van der Waals surface area (Å²) in [4.78, 5) is 14.1. The number of aliphatic carboxylic acids is 1. The molecule has 1 fully saturated rings. The van der Waals surface area contributed by atoms with Gasteiger partial charge in [0, 0.05) is 19.6 Å². The van der Waals surface area contributed by atoms with Gasteiger partial charge < -0.3 is 15.1 Å². The number of ether oxygens (including phenoxy) is 1. The molecule has 0 saturated carbocycles. The molecule has 0 radical (unpaired) electrons. The maximum absolute atomic E-state index is 13.3. The number of nitrogens with zero attached hydrogens (tertiary/aromatic N) is 1. The molecule has 10 heteroatoms. The van der Waals surface area contributed by atoms with Gasteiger partial charge >= 0.3 is 5.97 Å². The number of nitrogens with two attached hydrogens (primary N) is 1. The Bertz CT molecular complexity index is 1080. The number of rotatable bonds is 7. The highest BCUT2D eigenvalue weighted by atomic mass is 32.2. The van der Waals surface area contributed by atoms with Crippen molar-refractivity contribution in [2.75, 3.05) is 19.7 Å². The van der Waals surface area contributed by atoms with Crippen LogP contribution < -0.4 is 10.6 Å². The van der Waals surface area contributed by atoms with E-state index >= 15 is 0 Å². The van der Waals surface area contributed by atoms with Gasteiger partial charge in [0.1, 0.15) is 18.2 Å². The molecule has 0 spiro atoms. The molecule has 1 aliphatic heterocycles. The van der Waals surface area contributed by atoms with Gasteiger partial charge in [0.05, 0.1) is 4.90 Å². The second-order valence-electron chi connectivity index (χ2n) is 7.39. The first-order valence-corrected chi connectivity index (χ1v) is 11.6. The number of carboxylic acids is 1. The van der Waals surface area contributed by atoms with Crippen molar-refractivity contribution >= 4 is 15.8 Å². The largest absolute Gasteiger partial charge is 0.481 e. The molecule has 4 N–H and O–H groups in total. The lowest BCUT2D eigenvalue weighted by molar-refractivity contribution is -0.141.